The minimum Gasteiger partial charge on any atom is -0.478 e. The molecule has 0 saturated carbocycles. The number of rotatable bonds is 5. The molecular weight excluding hydrogens is 265 g/mol. The van der Waals surface area contributed by atoms with Gasteiger partial charge in [-0.05, 0) is 25.1 Å². The summed E-state index contributed by atoms with van der Waals surface area (Å²) in [5, 5.41) is 19.5. The number of halogens is 1. The van der Waals surface area contributed by atoms with Gasteiger partial charge in [0.2, 0.25) is 0 Å². The number of nitrogens with one attached hydrogen (secondary N) is 1. The molecule has 0 bridgehead atoms. The van der Waals surface area contributed by atoms with E-state index in [0.717, 1.165) is 6.07 Å². The number of nitriles is 1. The van der Waals surface area contributed by atoms with Crippen molar-refractivity contribution in [3.63, 3.8) is 0 Å². The Morgan fingerprint density at radius 2 is 2.20 bits per heavy atom. The van der Waals surface area contributed by atoms with Crippen LogP contribution in [0.5, 0.6) is 0 Å². The molecule has 0 aliphatic rings. The van der Waals surface area contributed by atoms with Crippen LogP contribution in [0.4, 0.5) is 14.9 Å². The second-order valence-electron chi connectivity index (χ2n) is 3.92. The second kappa shape index (κ2) is 7.09. The number of carbonyl (C=O) groups is 2. The van der Waals surface area contributed by atoms with Crippen LogP contribution in [0.1, 0.15) is 23.7 Å². The Balaban J connectivity index is 2.80. The van der Waals surface area contributed by atoms with Gasteiger partial charge in [-0.15, -0.1) is 0 Å². The Labute approximate surface area is 115 Å². The Morgan fingerprint density at radius 1 is 1.50 bits per heavy atom. The van der Waals surface area contributed by atoms with Gasteiger partial charge in [-0.2, -0.15) is 5.26 Å². The van der Waals surface area contributed by atoms with Crippen molar-refractivity contribution in [1.82, 2.24) is 4.90 Å². The van der Waals surface area contributed by atoms with Gasteiger partial charge in [0.15, 0.2) is 0 Å². The number of nitrogens with zero attached hydrogens (tertiary/aromatic N) is 2. The topological polar surface area (TPSA) is 93.4 Å². The van der Waals surface area contributed by atoms with Crippen LogP contribution in [-0.2, 0) is 0 Å². The second-order valence-corrected chi connectivity index (χ2v) is 3.92. The van der Waals surface area contributed by atoms with Gasteiger partial charge in [0.25, 0.3) is 0 Å². The van der Waals surface area contributed by atoms with Crippen LogP contribution in [0.15, 0.2) is 18.2 Å². The summed E-state index contributed by atoms with van der Waals surface area (Å²) in [5.74, 6) is -2.07. The van der Waals surface area contributed by atoms with Gasteiger partial charge in [0.1, 0.15) is 5.82 Å². The van der Waals surface area contributed by atoms with Gasteiger partial charge in [-0.3, -0.25) is 0 Å². The lowest BCUT2D eigenvalue weighted by atomic mass is 10.2. The molecule has 6 nitrogen and oxygen atoms in total. The molecule has 0 fully saturated rings. The van der Waals surface area contributed by atoms with Gasteiger partial charge in [0.05, 0.1) is 23.7 Å². The highest BCUT2D eigenvalue weighted by Crippen LogP contribution is 2.16. The normalized spacial score (nSPS) is 9.65. The van der Waals surface area contributed by atoms with E-state index >= 15 is 0 Å². The molecular formula is C13H14FN3O3. The molecule has 0 saturated heterocycles. The Bertz CT molecular complexity index is 554. The number of carbonyl (C=O) groups excluding carboxylic acids is 1. The highest BCUT2D eigenvalue weighted by Gasteiger charge is 2.14. The Hall–Kier alpha value is -2.62. The number of carboxylic acid groups (broad SMARTS) is 1. The maximum absolute atomic E-state index is 13.6. The summed E-state index contributed by atoms with van der Waals surface area (Å²) >= 11 is 0. The molecule has 0 atom stereocenters. The van der Waals surface area contributed by atoms with E-state index < -0.39 is 17.8 Å². The number of amides is 2. The molecule has 0 unspecified atom stereocenters. The predicted molar refractivity (Wildman–Crippen MR) is 69.9 cm³/mol. The molecule has 2 N–H and O–H groups in total. The van der Waals surface area contributed by atoms with Crippen LogP contribution >= 0.6 is 0 Å². The van der Waals surface area contributed by atoms with Crippen molar-refractivity contribution >= 4 is 17.7 Å². The number of hydrogen-bond acceptors (Lipinski definition) is 3. The van der Waals surface area contributed by atoms with Crippen LogP contribution in [0, 0.1) is 17.1 Å². The molecule has 106 valence electrons. The zero-order valence-corrected chi connectivity index (χ0v) is 10.9. The third kappa shape index (κ3) is 3.95. The van der Waals surface area contributed by atoms with Crippen molar-refractivity contribution in [2.45, 2.75) is 13.3 Å². The fourth-order valence-electron chi connectivity index (χ4n) is 1.53. The first-order chi connectivity index (χ1) is 9.49. The van der Waals surface area contributed by atoms with Gasteiger partial charge < -0.3 is 15.3 Å². The molecule has 0 heterocycles. The highest BCUT2D eigenvalue weighted by atomic mass is 19.1. The minimum atomic E-state index is -1.24. The molecule has 0 aliphatic carbocycles. The molecule has 0 spiro atoms. The SMILES string of the molecule is CCN(CCC#N)C(=O)Nc1ccc(C(=O)O)cc1F. The average Bonchev–Trinajstić information content (AvgIpc) is 2.41. The molecule has 2 amide bonds. The largest absolute Gasteiger partial charge is 0.478 e. The van der Waals surface area contributed by atoms with Crippen molar-refractivity contribution in [3.05, 3.63) is 29.6 Å². The van der Waals surface area contributed by atoms with Gasteiger partial charge >= 0.3 is 12.0 Å². The lowest BCUT2D eigenvalue weighted by molar-refractivity contribution is 0.0696. The standard InChI is InChI=1S/C13H14FN3O3/c1-2-17(7-3-6-15)13(20)16-11-5-4-9(12(18)19)8-10(11)14/h4-5,8H,2-3,7H2,1H3,(H,16,20)(H,18,19). The molecule has 0 aliphatic heterocycles. The van der Waals surface area contributed by atoms with Crippen molar-refractivity contribution in [2.75, 3.05) is 18.4 Å². The van der Waals surface area contributed by atoms with Crippen LogP contribution < -0.4 is 5.32 Å². The molecule has 1 rings (SSSR count). The number of carboxylic acids is 1. The zero-order valence-electron chi connectivity index (χ0n) is 10.9. The number of benzene rings is 1. The lowest BCUT2D eigenvalue weighted by Gasteiger charge is -2.20. The van der Waals surface area contributed by atoms with Crippen molar-refractivity contribution in [1.29, 1.82) is 5.26 Å². The monoisotopic (exact) mass is 279 g/mol. The minimum absolute atomic E-state index is 0.101. The highest BCUT2D eigenvalue weighted by molar-refractivity contribution is 5.91. The van der Waals surface area contributed by atoms with Crippen LogP contribution in [-0.4, -0.2) is 35.1 Å². The number of aromatic carboxylic acids is 1. The molecule has 0 aromatic heterocycles. The lowest BCUT2D eigenvalue weighted by Crippen LogP contribution is -2.35. The third-order valence-electron chi connectivity index (χ3n) is 2.62. The summed E-state index contributed by atoms with van der Waals surface area (Å²) in [5.41, 5.74) is -0.298. The van der Waals surface area contributed by atoms with Crippen LogP contribution in [0.2, 0.25) is 0 Å². The first-order valence-corrected chi connectivity index (χ1v) is 5.95. The van der Waals surface area contributed by atoms with Gasteiger partial charge in [-0.1, -0.05) is 0 Å². The molecule has 1 aromatic rings. The van der Waals surface area contributed by atoms with Crippen molar-refractivity contribution in [2.24, 2.45) is 0 Å². The maximum Gasteiger partial charge on any atom is 0.335 e. The van der Waals surface area contributed by atoms with E-state index in [2.05, 4.69) is 5.32 Å². The Morgan fingerprint density at radius 3 is 2.70 bits per heavy atom. The molecule has 0 radical (unpaired) electrons. The van der Waals surface area contributed by atoms with E-state index in [1.165, 1.54) is 17.0 Å². The molecule has 7 heteroatoms. The first-order valence-electron chi connectivity index (χ1n) is 5.95. The zero-order chi connectivity index (χ0) is 15.1. The molecule has 1 aromatic carbocycles. The van der Waals surface area contributed by atoms with Crippen LogP contribution in [0.25, 0.3) is 0 Å². The summed E-state index contributed by atoms with van der Waals surface area (Å²) in [4.78, 5) is 23.9. The molecule has 20 heavy (non-hydrogen) atoms. The first kappa shape index (κ1) is 15.4. The summed E-state index contributed by atoms with van der Waals surface area (Å²) in [6.07, 6.45) is 0.182. The fraction of sp³-hybridized carbons (Fsp3) is 0.308. The van der Waals surface area contributed by atoms with E-state index in [4.69, 9.17) is 10.4 Å². The summed E-state index contributed by atoms with van der Waals surface area (Å²) in [6.45, 7) is 2.36. The van der Waals surface area contributed by atoms with Crippen molar-refractivity contribution in [3.8, 4) is 6.07 Å². The van der Waals surface area contributed by atoms with Gasteiger partial charge in [-0.25, -0.2) is 14.0 Å². The van der Waals surface area contributed by atoms with Crippen molar-refractivity contribution < 1.29 is 19.1 Å². The predicted octanol–water partition coefficient (Wildman–Crippen LogP) is 2.29. The summed E-state index contributed by atoms with van der Waals surface area (Å²) in [6, 6.07) is 4.61. The smallest absolute Gasteiger partial charge is 0.335 e. The Kier molecular flexibility index (Phi) is 5.47. The van der Waals surface area contributed by atoms with Crippen LogP contribution in [0.3, 0.4) is 0 Å². The van der Waals surface area contributed by atoms with E-state index in [1.54, 1.807) is 6.92 Å². The average molecular weight is 279 g/mol. The van der Waals surface area contributed by atoms with Gasteiger partial charge in [0, 0.05) is 13.1 Å². The maximum atomic E-state index is 13.6. The third-order valence-corrected chi connectivity index (χ3v) is 2.62. The quantitative estimate of drug-likeness (QED) is 0.864. The number of hydrogen-bond donors (Lipinski definition) is 2. The van der Waals surface area contributed by atoms with E-state index in [1.807, 2.05) is 6.07 Å². The summed E-state index contributed by atoms with van der Waals surface area (Å²) < 4.78 is 13.6. The summed E-state index contributed by atoms with van der Waals surface area (Å²) in [7, 11) is 0. The van der Waals surface area contributed by atoms with E-state index in [-0.39, 0.29) is 24.2 Å². The number of anilines is 1. The number of urea groups is 1. The fourth-order valence-corrected chi connectivity index (χ4v) is 1.53. The van der Waals surface area contributed by atoms with E-state index in [0.29, 0.717) is 6.54 Å². The van der Waals surface area contributed by atoms with E-state index in [9.17, 15) is 14.0 Å².